The van der Waals surface area contributed by atoms with Crippen LogP contribution in [0.5, 0.6) is 0 Å². The van der Waals surface area contributed by atoms with E-state index in [0.29, 0.717) is 12.3 Å². The van der Waals surface area contributed by atoms with Gasteiger partial charge in [-0.15, -0.1) is 0 Å². The van der Waals surface area contributed by atoms with E-state index in [4.69, 9.17) is 9.84 Å². The Morgan fingerprint density at radius 1 is 1.44 bits per heavy atom. The largest absolute Gasteiger partial charge is 0.478 e. The Morgan fingerprint density at radius 2 is 2.06 bits per heavy atom. The summed E-state index contributed by atoms with van der Waals surface area (Å²) in [5, 5.41) is 11.5. The van der Waals surface area contributed by atoms with Crippen LogP contribution in [0.1, 0.15) is 27.2 Å². The zero-order valence-corrected chi connectivity index (χ0v) is 10.7. The molecule has 1 aliphatic heterocycles. The van der Waals surface area contributed by atoms with E-state index in [1.807, 2.05) is 0 Å². The molecule has 0 aromatic rings. The molecule has 5 nitrogen and oxygen atoms in total. The van der Waals surface area contributed by atoms with Crippen LogP contribution < -0.4 is 5.32 Å². The number of carbonyl (C=O) groups is 2. The lowest BCUT2D eigenvalue weighted by molar-refractivity contribution is 0.0510. The fourth-order valence-electron chi connectivity index (χ4n) is 1.53. The Bertz CT molecular complexity index is 287. The molecule has 6 heteroatoms. The lowest BCUT2D eigenvalue weighted by atomic mass is 10.2. The quantitative estimate of drug-likeness (QED) is 0.735. The van der Waals surface area contributed by atoms with Gasteiger partial charge < -0.3 is 15.2 Å². The second-order valence-electron chi connectivity index (χ2n) is 4.86. The first-order chi connectivity index (χ1) is 7.28. The van der Waals surface area contributed by atoms with Crippen LogP contribution in [0.3, 0.4) is 0 Å². The molecular formula is C10H18NO4P. The molecule has 1 saturated heterocycles. The maximum absolute atomic E-state index is 11.4. The van der Waals surface area contributed by atoms with Crippen LogP contribution in [-0.2, 0) is 4.74 Å². The smallest absolute Gasteiger partial charge is 0.407 e. The van der Waals surface area contributed by atoms with E-state index in [1.165, 1.54) is 0 Å². The van der Waals surface area contributed by atoms with Crippen molar-refractivity contribution in [2.24, 2.45) is 0 Å². The number of hydrogen-bond acceptors (Lipinski definition) is 3. The van der Waals surface area contributed by atoms with Crippen molar-refractivity contribution in [3.05, 3.63) is 0 Å². The van der Waals surface area contributed by atoms with Crippen molar-refractivity contribution in [3.63, 3.8) is 0 Å². The third kappa shape index (κ3) is 4.35. The van der Waals surface area contributed by atoms with Crippen LogP contribution in [0, 0.1) is 0 Å². The third-order valence-electron chi connectivity index (χ3n) is 2.18. The number of alkyl carbamates (subject to hydrolysis) is 1. The van der Waals surface area contributed by atoms with Gasteiger partial charge in [-0.1, -0.05) is 0 Å². The highest BCUT2D eigenvalue weighted by atomic mass is 31.1. The number of hydrogen-bond donors (Lipinski definition) is 2. The van der Waals surface area contributed by atoms with Gasteiger partial charge in [0.25, 0.3) is 0 Å². The van der Waals surface area contributed by atoms with Gasteiger partial charge in [-0.05, 0) is 39.5 Å². The van der Waals surface area contributed by atoms with Crippen molar-refractivity contribution in [1.82, 2.24) is 5.32 Å². The van der Waals surface area contributed by atoms with Gasteiger partial charge in [-0.3, -0.25) is 0 Å². The third-order valence-corrected chi connectivity index (χ3v) is 4.40. The van der Waals surface area contributed by atoms with Crippen molar-refractivity contribution in [3.8, 4) is 0 Å². The number of nitrogens with one attached hydrogen (secondary N) is 1. The predicted octanol–water partition coefficient (Wildman–Crippen LogP) is 2.44. The van der Waals surface area contributed by atoms with Crippen LogP contribution in [0.4, 0.5) is 9.59 Å². The van der Waals surface area contributed by atoms with Crippen LogP contribution in [-0.4, -0.2) is 40.9 Å². The number of carbonyl (C=O) groups excluding carboxylic acids is 1. The summed E-state index contributed by atoms with van der Waals surface area (Å²) >= 11 is 0. The molecule has 2 N–H and O–H groups in total. The van der Waals surface area contributed by atoms with Crippen LogP contribution in [0.25, 0.3) is 0 Å². The highest BCUT2D eigenvalue weighted by molar-refractivity contribution is 7.74. The van der Waals surface area contributed by atoms with Gasteiger partial charge in [-0.25, -0.2) is 9.59 Å². The Hall–Kier alpha value is -0.830. The first kappa shape index (κ1) is 13.2. The standard InChI is InChI=1S/C10H18NO4P/c1-10(2,3)15-8(12)11-7-4-5-16(6-7)9(13)14/h7H,4-6H2,1-3H3,(H,11,12)(H,13,14)/t7-,16?/m1/s1. The van der Waals surface area contributed by atoms with E-state index in [9.17, 15) is 9.59 Å². The summed E-state index contributed by atoms with van der Waals surface area (Å²) in [4.78, 5) is 22.2. The average molecular weight is 247 g/mol. The predicted molar refractivity (Wildman–Crippen MR) is 62.5 cm³/mol. The first-order valence-corrected chi connectivity index (χ1v) is 6.96. The Kier molecular flexibility index (Phi) is 4.14. The lowest BCUT2D eigenvalue weighted by Gasteiger charge is -2.21. The maximum atomic E-state index is 11.4. The molecule has 1 aliphatic rings. The summed E-state index contributed by atoms with van der Waals surface area (Å²) in [6.45, 7) is 5.39. The highest BCUT2D eigenvalue weighted by Gasteiger charge is 2.31. The van der Waals surface area contributed by atoms with Gasteiger partial charge in [0, 0.05) is 14.0 Å². The second kappa shape index (κ2) is 5.00. The molecule has 0 aromatic carbocycles. The van der Waals surface area contributed by atoms with E-state index in [1.54, 1.807) is 20.8 Å². The molecule has 0 aliphatic carbocycles. The normalized spacial score (nSPS) is 25.2. The highest BCUT2D eigenvalue weighted by Crippen LogP contribution is 2.43. The van der Waals surface area contributed by atoms with E-state index < -0.39 is 25.3 Å². The fourth-order valence-corrected chi connectivity index (χ4v) is 3.49. The number of ether oxygens (including phenoxy) is 1. The summed E-state index contributed by atoms with van der Waals surface area (Å²) in [5.41, 5.74) is -1.23. The SMILES string of the molecule is CC(C)(C)OC(=O)N[C@@H]1CCP(C(=O)O)C1. The molecule has 0 spiro atoms. The first-order valence-electron chi connectivity index (χ1n) is 5.25. The molecule has 1 rings (SSSR count). The Morgan fingerprint density at radius 3 is 2.50 bits per heavy atom. The van der Waals surface area contributed by atoms with Gasteiger partial charge in [0.1, 0.15) is 5.60 Å². The molecule has 92 valence electrons. The minimum Gasteiger partial charge on any atom is -0.478 e. The molecule has 0 radical (unpaired) electrons. The van der Waals surface area contributed by atoms with Crippen LogP contribution in [0.2, 0.25) is 0 Å². The minimum absolute atomic E-state index is 0.0444. The molecule has 0 aromatic heterocycles. The van der Waals surface area contributed by atoms with Crippen LogP contribution >= 0.6 is 7.92 Å². The zero-order chi connectivity index (χ0) is 12.3. The topological polar surface area (TPSA) is 75.6 Å². The molecular weight excluding hydrogens is 229 g/mol. The van der Waals surface area contributed by atoms with Gasteiger partial charge >= 0.3 is 11.8 Å². The zero-order valence-electron chi connectivity index (χ0n) is 9.82. The summed E-state index contributed by atoms with van der Waals surface area (Å²) in [6.07, 6.45) is 1.52. The lowest BCUT2D eigenvalue weighted by Crippen LogP contribution is -2.39. The number of carboxylic acid groups (broad SMARTS) is 1. The minimum atomic E-state index is -0.961. The molecule has 1 unspecified atom stereocenters. The molecule has 0 saturated carbocycles. The summed E-state index contributed by atoms with van der Waals surface area (Å²) in [5.74, 6) is 0. The molecule has 2 atom stereocenters. The van der Waals surface area contributed by atoms with Crippen molar-refractivity contribution in [2.45, 2.75) is 38.8 Å². The molecule has 1 heterocycles. The summed E-state index contributed by atoms with van der Waals surface area (Å²) < 4.78 is 5.11. The van der Waals surface area contributed by atoms with Gasteiger partial charge in [0.2, 0.25) is 0 Å². The summed E-state index contributed by atoms with van der Waals surface area (Å²) in [7, 11) is -0.961. The van der Waals surface area contributed by atoms with Crippen molar-refractivity contribution in [1.29, 1.82) is 0 Å². The number of amides is 1. The Labute approximate surface area is 96.3 Å². The average Bonchev–Trinajstić information content (AvgIpc) is 2.48. The van der Waals surface area contributed by atoms with Gasteiger partial charge in [0.05, 0.1) is 0 Å². The van der Waals surface area contributed by atoms with Gasteiger partial charge in [0.15, 0.2) is 0 Å². The summed E-state index contributed by atoms with van der Waals surface area (Å²) in [6, 6.07) is -0.0444. The van der Waals surface area contributed by atoms with Crippen LogP contribution in [0.15, 0.2) is 0 Å². The Balaban J connectivity index is 2.34. The number of rotatable bonds is 2. The molecule has 1 fully saturated rings. The molecule has 0 bridgehead atoms. The van der Waals surface area contributed by atoms with Gasteiger partial charge in [-0.2, -0.15) is 0 Å². The molecule has 1 amide bonds. The maximum Gasteiger partial charge on any atom is 0.407 e. The van der Waals surface area contributed by atoms with E-state index >= 15 is 0 Å². The van der Waals surface area contributed by atoms with Crippen molar-refractivity contribution < 1.29 is 19.4 Å². The van der Waals surface area contributed by atoms with E-state index in [-0.39, 0.29) is 6.04 Å². The second-order valence-corrected chi connectivity index (χ2v) is 7.14. The monoisotopic (exact) mass is 247 g/mol. The van der Waals surface area contributed by atoms with E-state index in [0.717, 1.165) is 6.42 Å². The van der Waals surface area contributed by atoms with E-state index in [2.05, 4.69) is 5.32 Å². The van der Waals surface area contributed by atoms with Crippen molar-refractivity contribution in [2.75, 3.05) is 12.3 Å². The fraction of sp³-hybridized carbons (Fsp3) is 0.800. The van der Waals surface area contributed by atoms with Crippen molar-refractivity contribution >= 4 is 19.7 Å². The molecule has 16 heavy (non-hydrogen) atoms.